The molecule has 0 aromatic heterocycles. The lowest BCUT2D eigenvalue weighted by Gasteiger charge is -1.98. The van der Waals surface area contributed by atoms with Gasteiger partial charge in [0.1, 0.15) is 0 Å². The molecule has 1 rings (SSSR count). The minimum Gasteiger partial charge on any atom is -0.478 e. The largest absolute Gasteiger partial charge is 0.478 e. The smallest absolute Gasteiger partial charge is 0.336 e. The molecule has 0 saturated carbocycles. The summed E-state index contributed by atoms with van der Waals surface area (Å²) >= 11 is 0. The van der Waals surface area contributed by atoms with Gasteiger partial charge in [0.15, 0.2) is 0 Å². The maximum Gasteiger partial charge on any atom is 0.336 e. The molecular weight excluding hydrogens is 271 g/mol. The van der Waals surface area contributed by atoms with E-state index in [0.29, 0.717) is 0 Å². The Kier molecular flexibility index (Phi) is 5.93. The number of rotatable bonds is 3. The highest BCUT2D eigenvalue weighted by molar-refractivity contribution is 7.85. The van der Waals surface area contributed by atoms with Crippen LogP contribution in [0.3, 0.4) is 0 Å². The molecule has 0 saturated heterocycles. The zero-order valence-electron chi connectivity index (χ0n) is 8.78. The summed E-state index contributed by atoms with van der Waals surface area (Å²) < 4.78 is 36.4. The van der Waals surface area contributed by atoms with E-state index in [0.717, 1.165) is 0 Å². The van der Waals surface area contributed by atoms with Crippen LogP contribution < -0.4 is 0 Å². The van der Waals surface area contributed by atoms with Gasteiger partial charge in [-0.15, -0.1) is 0 Å². The topological polar surface area (TPSA) is 129 Å². The van der Waals surface area contributed by atoms with E-state index in [4.69, 9.17) is 14.8 Å². The number of carboxylic acid groups (broad SMARTS) is 2. The number of halogens is 1. The Bertz CT molecular complexity index is 505. The third kappa shape index (κ3) is 5.92. The summed E-state index contributed by atoms with van der Waals surface area (Å²) in [5.41, 5.74) is -0.380. The van der Waals surface area contributed by atoms with Crippen LogP contribution in [0.5, 0.6) is 0 Å². The molecule has 0 amide bonds. The van der Waals surface area contributed by atoms with E-state index >= 15 is 0 Å². The second-order valence-corrected chi connectivity index (χ2v) is 4.23. The van der Waals surface area contributed by atoms with E-state index in [-0.39, 0.29) is 11.1 Å². The van der Waals surface area contributed by atoms with Crippen molar-refractivity contribution < 1.29 is 37.2 Å². The molecule has 0 spiro atoms. The number of carbonyl (C=O) groups is 2. The Morgan fingerprint density at radius 1 is 1.06 bits per heavy atom. The van der Waals surface area contributed by atoms with Gasteiger partial charge in [0.25, 0.3) is 10.1 Å². The first-order valence-corrected chi connectivity index (χ1v) is 5.86. The normalized spacial score (nSPS) is 10.1. The molecule has 0 heterocycles. The summed E-state index contributed by atoms with van der Waals surface area (Å²) in [6, 6.07) is 3.77. The zero-order valence-corrected chi connectivity index (χ0v) is 9.59. The van der Waals surface area contributed by atoms with Crippen molar-refractivity contribution in [3.63, 3.8) is 0 Å². The summed E-state index contributed by atoms with van der Waals surface area (Å²) in [5.74, 6) is -2.46. The highest BCUT2D eigenvalue weighted by Crippen LogP contribution is 2.07. The van der Waals surface area contributed by atoms with Crippen LogP contribution in [0, 0.1) is 0 Å². The van der Waals surface area contributed by atoms with Crippen molar-refractivity contribution in [3.05, 3.63) is 35.4 Å². The first-order valence-electron chi connectivity index (χ1n) is 4.25. The van der Waals surface area contributed by atoms with Crippen molar-refractivity contribution in [3.8, 4) is 0 Å². The maximum absolute atomic E-state index is 10.7. The van der Waals surface area contributed by atoms with E-state index in [1.54, 1.807) is 0 Å². The molecule has 18 heavy (non-hydrogen) atoms. The molecular formula is C9H9FO7S. The highest BCUT2D eigenvalue weighted by Gasteiger charge is 2.13. The van der Waals surface area contributed by atoms with Crippen molar-refractivity contribution in [2.24, 2.45) is 0 Å². The van der Waals surface area contributed by atoms with Crippen LogP contribution >= 0.6 is 0 Å². The highest BCUT2D eigenvalue weighted by atomic mass is 32.2. The van der Waals surface area contributed by atoms with Crippen LogP contribution in [-0.2, 0) is 10.1 Å². The minimum atomic E-state index is -4.33. The van der Waals surface area contributed by atoms with E-state index in [1.807, 2.05) is 0 Å². The molecule has 0 aliphatic heterocycles. The molecule has 0 aliphatic carbocycles. The molecule has 1 aromatic rings. The molecule has 7 nitrogen and oxygen atoms in total. The van der Waals surface area contributed by atoms with Crippen LogP contribution in [-0.4, -0.2) is 41.1 Å². The number of hydrogen-bond acceptors (Lipinski definition) is 4. The maximum atomic E-state index is 10.7. The lowest BCUT2D eigenvalue weighted by atomic mass is 10.1. The number of aromatic carboxylic acids is 2. The van der Waals surface area contributed by atoms with Crippen molar-refractivity contribution >= 4 is 22.1 Å². The average molecular weight is 280 g/mol. The Morgan fingerprint density at radius 2 is 1.33 bits per heavy atom. The van der Waals surface area contributed by atoms with Gasteiger partial charge in [-0.2, -0.15) is 8.42 Å². The van der Waals surface area contributed by atoms with Crippen LogP contribution in [0.15, 0.2) is 24.3 Å². The van der Waals surface area contributed by atoms with Crippen molar-refractivity contribution in [2.75, 3.05) is 6.01 Å². The van der Waals surface area contributed by atoms with E-state index in [1.165, 1.54) is 24.3 Å². The van der Waals surface area contributed by atoms with Gasteiger partial charge in [0.05, 0.1) is 11.1 Å². The molecule has 9 heteroatoms. The number of alkyl halides is 1. The van der Waals surface area contributed by atoms with Gasteiger partial charge in [0.2, 0.25) is 6.01 Å². The predicted molar refractivity (Wildman–Crippen MR) is 57.9 cm³/mol. The first-order chi connectivity index (χ1) is 8.19. The van der Waals surface area contributed by atoms with Crippen LogP contribution in [0.25, 0.3) is 0 Å². The molecule has 1 aromatic carbocycles. The fraction of sp³-hybridized carbons (Fsp3) is 0.111. The summed E-state index contributed by atoms with van der Waals surface area (Å²) in [6.07, 6.45) is 0. The lowest BCUT2D eigenvalue weighted by Crippen LogP contribution is -2.06. The Morgan fingerprint density at radius 3 is 1.50 bits per heavy atom. The van der Waals surface area contributed by atoms with Crippen molar-refractivity contribution in [1.29, 1.82) is 0 Å². The lowest BCUT2D eigenvalue weighted by molar-refractivity contribution is 0.0651. The monoisotopic (exact) mass is 280 g/mol. The van der Waals surface area contributed by atoms with Gasteiger partial charge < -0.3 is 10.2 Å². The SMILES string of the molecule is O=C(O)c1ccccc1C(=O)O.O=S(=O)(O)CF. The standard InChI is InChI=1S/C8H6O4.CH3FO3S/c9-7(10)5-3-1-2-4-6(5)8(11)12;2-1-6(3,4)5/h1-4H,(H,9,10)(H,11,12);1H2,(H,3,4,5). The zero-order chi connectivity index (χ0) is 14.3. The van der Waals surface area contributed by atoms with E-state index < -0.39 is 28.1 Å². The number of benzene rings is 1. The minimum absolute atomic E-state index is 0.190. The second kappa shape index (κ2) is 6.67. The molecule has 3 N–H and O–H groups in total. The fourth-order valence-corrected chi connectivity index (χ4v) is 0.856. The Hall–Kier alpha value is -2.00. The molecule has 0 atom stereocenters. The third-order valence-corrected chi connectivity index (χ3v) is 1.80. The van der Waals surface area contributed by atoms with Crippen LogP contribution in [0.2, 0.25) is 0 Å². The molecule has 0 unspecified atom stereocenters. The van der Waals surface area contributed by atoms with Gasteiger partial charge in [-0.1, -0.05) is 12.1 Å². The van der Waals surface area contributed by atoms with Gasteiger partial charge in [-0.3, -0.25) is 4.55 Å². The summed E-state index contributed by atoms with van der Waals surface area (Å²) in [5, 5.41) is 17.1. The molecule has 0 aliphatic rings. The molecule has 0 bridgehead atoms. The van der Waals surface area contributed by atoms with Crippen LogP contribution in [0.1, 0.15) is 20.7 Å². The molecule has 100 valence electrons. The Balaban J connectivity index is 0.000000411. The number of carboxylic acids is 2. The van der Waals surface area contributed by atoms with Crippen molar-refractivity contribution in [2.45, 2.75) is 0 Å². The van der Waals surface area contributed by atoms with Crippen molar-refractivity contribution in [1.82, 2.24) is 0 Å². The van der Waals surface area contributed by atoms with Crippen LogP contribution in [0.4, 0.5) is 4.39 Å². The average Bonchev–Trinajstić information content (AvgIpc) is 2.28. The number of hydrogen-bond donors (Lipinski definition) is 3. The summed E-state index contributed by atoms with van der Waals surface area (Å²) in [7, 11) is -4.33. The Labute approximate surface area is 101 Å². The summed E-state index contributed by atoms with van der Waals surface area (Å²) in [6.45, 7) is 0. The van der Waals surface area contributed by atoms with Gasteiger partial charge >= 0.3 is 11.9 Å². The quantitative estimate of drug-likeness (QED) is 0.701. The summed E-state index contributed by atoms with van der Waals surface area (Å²) in [4.78, 5) is 20.9. The molecule has 0 fully saturated rings. The van der Waals surface area contributed by atoms with E-state index in [9.17, 15) is 22.4 Å². The molecule has 0 radical (unpaired) electrons. The third-order valence-electron chi connectivity index (χ3n) is 1.53. The van der Waals surface area contributed by atoms with Gasteiger partial charge in [0, 0.05) is 0 Å². The van der Waals surface area contributed by atoms with E-state index in [2.05, 4.69) is 0 Å². The van der Waals surface area contributed by atoms with Gasteiger partial charge in [-0.05, 0) is 12.1 Å². The van der Waals surface area contributed by atoms with Gasteiger partial charge in [-0.25, -0.2) is 14.0 Å². The first kappa shape index (κ1) is 16.0. The second-order valence-electron chi connectivity index (χ2n) is 2.85. The fourth-order valence-electron chi connectivity index (χ4n) is 0.856. The predicted octanol–water partition coefficient (Wildman–Crippen LogP) is 0.884.